The highest BCUT2D eigenvalue weighted by Gasteiger charge is 2.37. The number of thiazole rings is 1. The summed E-state index contributed by atoms with van der Waals surface area (Å²) in [6, 6.07) is 24.7. The van der Waals surface area contributed by atoms with Crippen LogP contribution in [0.5, 0.6) is 11.5 Å². The molecule has 1 aromatic heterocycles. The number of carbonyl (C=O) groups excluding carboxylic acids is 2. The van der Waals surface area contributed by atoms with Crippen molar-refractivity contribution in [1.82, 2.24) is 4.98 Å². The van der Waals surface area contributed by atoms with Crippen LogP contribution < -0.4 is 14.5 Å². The van der Waals surface area contributed by atoms with Gasteiger partial charge in [0.2, 0.25) is 5.13 Å². The van der Waals surface area contributed by atoms with Crippen molar-refractivity contribution >= 4 is 67.1 Å². The Labute approximate surface area is 343 Å². The lowest BCUT2D eigenvalue weighted by Crippen LogP contribution is -2.45. The lowest BCUT2D eigenvalue weighted by molar-refractivity contribution is -0.150. The minimum absolute atomic E-state index is 0.106. The lowest BCUT2D eigenvalue weighted by atomic mass is 9.70. The summed E-state index contributed by atoms with van der Waals surface area (Å²) in [7, 11) is 0. The van der Waals surface area contributed by atoms with E-state index in [2.05, 4.69) is 32.6 Å². The summed E-state index contributed by atoms with van der Waals surface area (Å²) in [5.74, 6) is 1.03. The Kier molecular flexibility index (Phi) is 13.4. The summed E-state index contributed by atoms with van der Waals surface area (Å²) in [4.78, 5) is 30.9. The fraction of sp³-hybridized carbons (Fsp3) is 0.391. The van der Waals surface area contributed by atoms with Crippen molar-refractivity contribution in [3.63, 3.8) is 0 Å². The van der Waals surface area contributed by atoms with Crippen LogP contribution in [0.15, 0.2) is 96.6 Å². The number of amides is 1. The largest absolute Gasteiger partial charge is 0.494 e. The fourth-order valence-electron chi connectivity index (χ4n) is 7.80. The molecule has 3 atom stereocenters. The SMILES string of the molecule is C=CC(=O)N(/N=C/C1CC(CCC)CCC1c1ccc2c(Cl)c(OC(=O)c3ccc(OCCCOCC4(CC)COC4)cc3)ccc2c1)c1nc2ccccc2s1. The summed E-state index contributed by atoms with van der Waals surface area (Å²) in [5.41, 5.74) is 2.58. The molecule has 2 aliphatic rings. The average molecular weight is 808 g/mol. The van der Waals surface area contributed by atoms with Gasteiger partial charge in [0.05, 0.1) is 47.2 Å². The molecule has 0 radical (unpaired) electrons. The number of nitrogens with zero attached hydrogens (tertiary/aromatic N) is 3. The highest BCUT2D eigenvalue weighted by atomic mass is 35.5. The van der Waals surface area contributed by atoms with E-state index >= 15 is 0 Å². The van der Waals surface area contributed by atoms with Gasteiger partial charge in [-0.05, 0) is 97.0 Å². The van der Waals surface area contributed by atoms with E-state index in [-0.39, 0.29) is 23.2 Å². The van der Waals surface area contributed by atoms with Gasteiger partial charge >= 0.3 is 5.97 Å². The van der Waals surface area contributed by atoms with Crippen molar-refractivity contribution in [2.24, 2.45) is 22.4 Å². The minimum atomic E-state index is -0.501. The quantitative estimate of drug-likeness (QED) is 0.0230. The van der Waals surface area contributed by atoms with Crippen LogP contribution in [0, 0.1) is 17.3 Å². The van der Waals surface area contributed by atoms with Gasteiger partial charge in [0.25, 0.3) is 5.91 Å². The third kappa shape index (κ3) is 9.58. The number of hydrogen-bond acceptors (Lipinski definition) is 9. The summed E-state index contributed by atoms with van der Waals surface area (Å²) < 4.78 is 23.9. The summed E-state index contributed by atoms with van der Waals surface area (Å²) >= 11 is 8.32. The number of hydrazone groups is 1. The minimum Gasteiger partial charge on any atom is -0.494 e. The number of anilines is 1. The van der Waals surface area contributed by atoms with Crippen molar-refractivity contribution in [1.29, 1.82) is 0 Å². The number of benzene rings is 4. The number of hydrogen-bond donors (Lipinski definition) is 0. The molecule has 5 aromatic rings. The topological polar surface area (TPSA) is 99.6 Å². The number of esters is 1. The van der Waals surface area contributed by atoms with Gasteiger partial charge in [0.1, 0.15) is 11.5 Å². The predicted octanol–water partition coefficient (Wildman–Crippen LogP) is 11.0. The normalized spacial score (nSPS) is 19.0. The molecule has 1 aliphatic carbocycles. The zero-order chi connectivity index (χ0) is 39.8. The smallest absolute Gasteiger partial charge is 0.343 e. The Hall–Kier alpha value is -4.61. The van der Waals surface area contributed by atoms with Crippen molar-refractivity contribution in [2.45, 2.75) is 64.7 Å². The van der Waals surface area contributed by atoms with Gasteiger partial charge < -0.3 is 18.9 Å². The number of fused-ring (bicyclic) bond motifs is 2. The summed E-state index contributed by atoms with van der Waals surface area (Å²) in [5, 5.41) is 8.81. The molecule has 2 heterocycles. The number of aromatic nitrogens is 1. The van der Waals surface area contributed by atoms with Crippen LogP contribution in [0.3, 0.4) is 0 Å². The van der Waals surface area contributed by atoms with E-state index in [1.54, 1.807) is 30.3 Å². The second kappa shape index (κ2) is 18.8. The first-order valence-electron chi connectivity index (χ1n) is 20.0. The molecule has 57 heavy (non-hydrogen) atoms. The molecule has 1 amide bonds. The molecule has 11 heteroatoms. The molecule has 1 aliphatic heterocycles. The number of rotatable bonds is 17. The molecular formula is C46H50ClN3O6S. The second-order valence-corrected chi connectivity index (χ2v) is 16.6. The van der Waals surface area contributed by atoms with E-state index in [1.165, 1.54) is 28.0 Å². The first-order chi connectivity index (χ1) is 27.8. The first kappa shape index (κ1) is 40.6. The second-order valence-electron chi connectivity index (χ2n) is 15.2. The van der Waals surface area contributed by atoms with E-state index in [9.17, 15) is 9.59 Å². The molecule has 3 unspecified atom stereocenters. The van der Waals surface area contributed by atoms with E-state index in [0.29, 0.717) is 53.0 Å². The third-order valence-corrected chi connectivity index (χ3v) is 12.7. The van der Waals surface area contributed by atoms with Gasteiger partial charge in [0, 0.05) is 36.0 Å². The first-order valence-corrected chi connectivity index (χ1v) is 21.2. The Morgan fingerprint density at radius 2 is 1.88 bits per heavy atom. The zero-order valence-corrected chi connectivity index (χ0v) is 34.2. The maximum Gasteiger partial charge on any atom is 0.343 e. The van der Waals surface area contributed by atoms with Crippen LogP contribution >= 0.6 is 22.9 Å². The number of ether oxygens (including phenoxy) is 4. The molecule has 298 valence electrons. The van der Waals surface area contributed by atoms with Gasteiger partial charge in [-0.15, -0.1) is 0 Å². The van der Waals surface area contributed by atoms with E-state index in [1.807, 2.05) is 42.6 Å². The van der Waals surface area contributed by atoms with Crippen molar-refractivity contribution in [2.75, 3.05) is 38.0 Å². The number of para-hydroxylation sites is 1. The monoisotopic (exact) mass is 807 g/mol. The van der Waals surface area contributed by atoms with Gasteiger partial charge in [0.15, 0.2) is 0 Å². The van der Waals surface area contributed by atoms with Gasteiger partial charge in [-0.2, -0.15) is 10.1 Å². The molecule has 7 rings (SSSR count). The van der Waals surface area contributed by atoms with E-state index in [0.717, 1.165) is 79.1 Å². The standard InChI is InChI=1S/C46H50ClN3O6S/c1-4-10-31-13-20-37(35(25-31)27-48-50(42(51)5-2)45-49-39-11-7-8-12-41(39)57-45)33-16-21-38-34(26-33)17-22-40(43(38)47)56-44(52)32-14-18-36(19-15-32)55-24-9-23-53-28-46(6-3)29-54-30-46/h5,7-8,11-12,14-19,21-22,26-27,31,35,37H,2,4,6,9-10,13,20,23-25,28-30H2,1,3H3/b48-27+. The lowest BCUT2D eigenvalue weighted by Gasteiger charge is -2.40. The van der Waals surface area contributed by atoms with E-state index < -0.39 is 5.97 Å². The van der Waals surface area contributed by atoms with Crippen LogP contribution in [0.2, 0.25) is 5.02 Å². The van der Waals surface area contributed by atoms with Gasteiger partial charge in [-0.3, -0.25) is 4.79 Å². The zero-order valence-electron chi connectivity index (χ0n) is 32.7. The fourth-order valence-corrected chi connectivity index (χ4v) is 9.00. The average Bonchev–Trinajstić information content (AvgIpc) is 3.65. The molecule has 0 N–H and O–H groups in total. The maximum absolute atomic E-state index is 13.2. The van der Waals surface area contributed by atoms with Crippen LogP contribution in [0.4, 0.5) is 5.13 Å². The molecular weight excluding hydrogens is 758 g/mol. The molecule has 2 fully saturated rings. The number of carbonyl (C=O) groups is 2. The van der Waals surface area contributed by atoms with Crippen LogP contribution in [0.25, 0.3) is 21.0 Å². The molecule has 1 saturated carbocycles. The third-order valence-electron chi connectivity index (χ3n) is 11.3. The molecule has 1 saturated heterocycles. The Morgan fingerprint density at radius 3 is 2.61 bits per heavy atom. The van der Waals surface area contributed by atoms with Gasteiger partial charge in [-0.1, -0.05) is 92.6 Å². The molecule has 0 spiro atoms. The predicted molar refractivity (Wildman–Crippen MR) is 229 cm³/mol. The highest BCUT2D eigenvalue weighted by Crippen LogP contribution is 2.43. The highest BCUT2D eigenvalue weighted by molar-refractivity contribution is 7.22. The van der Waals surface area contributed by atoms with Gasteiger partial charge in [-0.25, -0.2) is 9.78 Å². The van der Waals surface area contributed by atoms with E-state index in [4.69, 9.17) is 40.6 Å². The van der Waals surface area contributed by atoms with Crippen LogP contribution in [-0.2, 0) is 14.3 Å². The van der Waals surface area contributed by atoms with Crippen molar-refractivity contribution < 1.29 is 28.5 Å². The number of halogens is 1. The van der Waals surface area contributed by atoms with Crippen LogP contribution in [0.1, 0.15) is 80.6 Å². The molecule has 4 aromatic carbocycles. The molecule has 9 nitrogen and oxygen atoms in total. The summed E-state index contributed by atoms with van der Waals surface area (Å²) in [6.45, 7) is 11.5. The van der Waals surface area contributed by atoms with Crippen molar-refractivity contribution in [3.05, 3.63) is 108 Å². The Morgan fingerprint density at radius 1 is 1.05 bits per heavy atom. The van der Waals surface area contributed by atoms with Crippen LogP contribution in [-0.4, -0.2) is 56.1 Å². The molecule has 0 bridgehead atoms. The Balaban J connectivity index is 1.00. The maximum atomic E-state index is 13.2. The summed E-state index contributed by atoms with van der Waals surface area (Å²) in [6.07, 6.45) is 10.4. The Bertz CT molecular complexity index is 2180. The van der Waals surface area contributed by atoms with Crippen molar-refractivity contribution in [3.8, 4) is 11.5 Å².